The first-order chi connectivity index (χ1) is 40.6. The van der Waals surface area contributed by atoms with Crippen LogP contribution in [0.1, 0.15) is 120 Å². The molecule has 6 aliphatic rings. The molecule has 1 aromatic heterocycles. The molecule has 0 amide bonds. The number of nitrogens with zero attached hydrogens (tertiary/aromatic N) is 1. The van der Waals surface area contributed by atoms with E-state index in [9.17, 15) is 0 Å². The van der Waals surface area contributed by atoms with Crippen LogP contribution in [0.2, 0.25) is 0 Å². The molecule has 10 aromatic carbocycles. The summed E-state index contributed by atoms with van der Waals surface area (Å²) in [5.41, 5.74) is 20.3. The Balaban J connectivity index is 0.000000115. The second-order valence-corrected chi connectivity index (χ2v) is 21.1. The first-order valence-electron chi connectivity index (χ1n) is 30.5. The molecule has 1 nitrogen and oxygen atoms in total. The highest BCUT2D eigenvalue weighted by Gasteiger charge is 2.11. The Hall–Kier alpha value is -8.52. The van der Waals surface area contributed by atoms with Gasteiger partial charge in [-0.05, 0) is 177 Å². The molecule has 0 aliphatic heterocycles. The number of hydrogen-bond donors (Lipinski definition) is 0. The van der Waals surface area contributed by atoms with Crippen LogP contribution in [0.3, 0.4) is 0 Å². The van der Waals surface area contributed by atoms with Crippen molar-refractivity contribution in [2.75, 3.05) is 0 Å². The van der Waals surface area contributed by atoms with Gasteiger partial charge in [0.2, 0.25) is 0 Å². The van der Waals surface area contributed by atoms with Crippen LogP contribution in [0.15, 0.2) is 243 Å². The summed E-state index contributed by atoms with van der Waals surface area (Å²) >= 11 is 0. The molecule has 0 saturated heterocycles. The zero-order chi connectivity index (χ0) is 56.7. The van der Waals surface area contributed by atoms with Crippen molar-refractivity contribution in [3.63, 3.8) is 0 Å². The van der Waals surface area contributed by atoms with Crippen molar-refractivity contribution in [1.29, 1.82) is 0 Å². The van der Waals surface area contributed by atoms with Crippen molar-refractivity contribution < 1.29 is 0 Å². The highest BCUT2D eigenvalue weighted by Crippen LogP contribution is 2.31. The summed E-state index contributed by atoms with van der Waals surface area (Å²) < 4.78 is 2.24. The second-order valence-electron chi connectivity index (χ2n) is 21.1. The maximum atomic E-state index is 2.38. The quantitative estimate of drug-likeness (QED) is 0.133. The fourth-order valence-electron chi connectivity index (χ4n) is 11.9. The molecule has 1 heterocycles. The van der Waals surface area contributed by atoms with Gasteiger partial charge in [0.15, 0.2) is 0 Å². The molecule has 17 rings (SSSR count). The van der Waals surface area contributed by atoms with Crippen molar-refractivity contribution in [3.05, 3.63) is 309 Å². The molecule has 412 valence electrons. The largest absolute Gasteiger partial charge is 0.344 e. The minimum Gasteiger partial charge on any atom is -0.344 e. The smallest absolute Gasteiger partial charge is 0.0488 e. The molecule has 0 unspecified atom stereocenters. The van der Waals surface area contributed by atoms with Crippen LogP contribution >= 0.6 is 0 Å². The molecule has 0 saturated carbocycles. The monoisotopic (exact) mass is 1070 g/mol. The van der Waals surface area contributed by atoms with Gasteiger partial charge in [0.05, 0.1) is 0 Å². The number of aromatic nitrogens is 1. The van der Waals surface area contributed by atoms with Gasteiger partial charge in [-0.2, -0.15) is 0 Å². The van der Waals surface area contributed by atoms with Gasteiger partial charge in [0, 0.05) is 28.9 Å². The zero-order valence-electron chi connectivity index (χ0n) is 49.3. The molecule has 0 N–H and O–H groups in total. The summed E-state index contributed by atoms with van der Waals surface area (Å²) in [7, 11) is 2.12. The SMILES string of the molecule is C1=CCc2ccccc2C1.C1=Cc2cccc3cccc1c23.C1=Cc2ccccc2C1.C1=Cc2ccccc2CC1.CC.CC.Cn1c2ccccc2c2ccccc21.c1ccc2c(c1)CCC2.c1ccc2cc3c(cc2c1)CCCC3. The van der Waals surface area contributed by atoms with Gasteiger partial charge in [0.25, 0.3) is 0 Å². The molecule has 11 aromatic rings. The maximum absolute atomic E-state index is 2.38. The number of benzene rings is 10. The van der Waals surface area contributed by atoms with Gasteiger partial charge in [-0.25, -0.2) is 0 Å². The highest BCUT2D eigenvalue weighted by atomic mass is 14.9. The average Bonchev–Trinajstić information content (AvgIpc) is 4.46. The number of rotatable bonds is 0. The van der Waals surface area contributed by atoms with E-state index in [1.807, 2.05) is 27.7 Å². The molecular formula is C81H83N. The zero-order valence-corrected chi connectivity index (χ0v) is 49.3. The lowest BCUT2D eigenvalue weighted by Gasteiger charge is -2.16. The van der Waals surface area contributed by atoms with Crippen molar-refractivity contribution >= 4 is 67.7 Å². The van der Waals surface area contributed by atoms with Crippen LogP contribution < -0.4 is 0 Å². The van der Waals surface area contributed by atoms with Gasteiger partial charge in [-0.1, -0.05) is 283 Å². The number of hydrogen-bond acceptors (Lipinski definition) is 0. The molecule has 82 heavy (non-hydrogen) atoms. The van der Waals surface area contributed by atoms with E-state index in [0.717, 1.165) is 19.3 Å². The summed E-state index contributed by atoms with van der Waals surface area (Å²) in [5, 5.41) is 8.22. The van der Waals surface area contributed by atoms with Crippen molar-refractivity contribution in [2.45, 2.75) is 105 Å². The topological polar surface area (TPSA) is 4.93 Å². The van der Waals surface area contributed by atoms with Gasteiger partial charge in [0.1, 0.15) is 0 Å². The Bertz CT molecular complexity index is 3750. The predicted octanol–water partition coefficient (Wildman–Crippen LogP) is 21.8. The Morgan fingerprint density at radius 1 is 0.280 bits per heavy atom. The third-order valence-electron chi connectivity index (χ3n) is 16.0. The van der Waals surface area contributed by atoms with E-state index in [0.29, 0.717) is 0 Å². The van der Waals surface area contributed by atoms with Gasteiger partial charge < -0.3 is 4.57 Å². The molecular weight excluding hydrogens is 987 g/mol. The van der Waals surface area contributed by atoms with Crippen LogP contribution in [-0.2, 0) is 58.4 Å². The Morgan fingerprint density at radius 3 is 1.20 bits per heavy atom. The van der Waals surface area contributed by atoms with Crippen molar-refractivity contribution in [2.24, 2.45) is 7.05 Å². The average molecular weight is 1070 g/mol. The van der Waals surface area contributed by atoms with Gasteiger partial charge in [-0.3, -0.25) is 0 Å². The van der Waals surface area contributed by atoms with E-state index in [4.69, 9.17) is 0 Å². The summed E-state index contributed by atoms with van der Waals surface area (Å²) in [6.07, 6.45) is 32.7. The first-order valence-corrected chi connectivity index (χ1v) is 30.5. The number of aryl methyl sites for hydroxylation is 6. The Kier molecular flexibility index (Phi) is 21.5. The summed E-state index contributed by atoms with van der Waals surface area (Å²) in [4.78, 5) is 0. The lowest BCUT2D eigenvalue weighted by molar-refractivity contribution is 0.687. The number of allylic oxidation sites excluding steroid dienone is 4. The minimum atomic E-state index is 1.12. The van der Waals surface area contributed by atoms with Crippen molar-refractivity contribution in [1.82, 2.24) is 4.57 Å². The number of fused-ring (bicyclic) bond motifs is 9. The van der Waals surface area contributed by atoms with Gasteiger partial charge >= 0.3 is 0 Å². The lowest BCUT2D eigenvalue weighted by Crippen LogP contribution is -2.01. The summed E-state index contributed by atoms with van der Waals surface area (Å²) in [6.45, 7) is 8.00. The summed E-state index contributed by atoms with van der Waals surface area (Å²) in [6, 6.07) is 77.8. The van der Waals surface area contributed by atoms with E-state index in [1.54, 1.807) is 22.3 Å². The third kappa shape index (κ3) is 14.9. The minimum absolute atomic E-state index is 1.12. The molecule has 0 bridgehead atoms. The Labute approximate surface area is 490 Å². The van der Waals surface area contributed by atoms with E-state index >= 15 is 0 Å². The molecule has 0 atom stereocenters. The van der Waals surface area contributed by atoms with E-state index in [2.05, 4.69) is 279 Å². The van der Waals surface area contributed by atoms with Crippen LogP contribution in [0.4, 0.5) is 0 Å². The van der Waals surface area contributed by atoms with Gasteiger partial charge in [-0.15, -0.1) is 0 Å². The van der Waals surface area contributed by atoms with Crippen LogP contribution in [0, 0.1) is 0 Å². The maximum Gasteiger partial charge on any atom is 0.0488 e. The fraction of sp³-hybridized carbons (Fsp3) is 0.210. The van der Waals surface area contributed by atoms with Crippen molar-refractivity contribution in [3.8, 4) is 0 Å². The number of para-hydroxylation sites is 2. The first kappa shape index (κ1) is 58.1. The third-order valence-corrected chi connectivity index (χ3v) is 16.0. The molecule has 6 aliphatic carbocycles. The normalized spacial score (nSPS) is 13.4. The fourth-order valence-corrected chi connectivity index (χ4v) is 11.9. The van der Waals surface area contributed by atoms with E-state index in [-0.39, 0.29) is 0 Å². The molecule has 0 spiro atoms. The summed E-state index contributed by atoms with van der Waals surface area (Å²) in [5.74, 6) is 0. The molecule has 1 heteroatoms. The van der Waals surface area contributed by atoms with E-state index in [1.165, 1.54) is 146 Å². The lowest BCUT2D eigenvalue weighted by atomic mass is 9.89. The predicted molar refractivity (Wildman–Crippen MR) is 361 cm³/mol. The molecule has 0 radical (unpaired) electrons. The highest BCUT2D eigenvalue weighted by molar-refractivity contribution is 6.08. The van der Waals surface area contributed by atoms with Crippen LogP contribution in [0.5, 0.6) is 0 Å². The standard InChI is InChI=1S/C14H14.C13H11N.C12H8.2C10H10.C9H10.C9H8.2C2H6/c1-2-6-12-10-14-8-4-3-7-13(14)9-11(12)5-1;1-14-12-8-4-2-6-10(12)11-7-3-5-9-13(11)14;1-3-9-4-2-6-11-8-7-10(5-1)12(9)11;2*1-2-6-10-8-4-3-7-9(10)5-1;2*1-2-5-9-7-3-6-8(9)4-1;2*1-2/h1-2,5-6,9-10H,3-4,7-8H2;2-9H,1H3;1-8H;1-3,5-7H,4,8H2;1-6H,7-8H2;1-2,4-5H,3,6-7H2;1-6H,7H2;2*1-2H3. The second kappa shape index (κ2) is 30.3. The Morgan fingerprint density at radius 2 is 0.671 bits per heavy atom. The van der Waals surface area contributed by atoms with Crippen LogP contribution in [0.25, 0.3) is 67.7 Å². The van der Waals surface area contributed by atoms with Crippen LogP contribution in [-0.4, -0.2) is 4.57 Å². The molecule has 0 fully saturated rings. The van der Waals surface area contributed by atoms with E-state index < -0.39 is 0 Å².